The van der Waals surface area contributed by atoms with Crippen LogP contribution in [0.25, 0.3) is 0 Å². The average Bonchev–Trinajstić information content (AvgIpc) is 2.70. The van der Waals surface area contributed by atoms with Crippen molar-refractivity contribution in [1.82, 2.24) is 15.6 Å². The van der Waals surface area contributed by atoms with Crippen LogP contribution in [0.3, 0.4) is 0 Å². The van der Waals surface area contributed by atoms with Gasteiger partial charge in [-0.1, -0.05) is 0 Å². The van der Waals surface area contributed by atoms with Crippen LogP contribution in [0.2, 0.25) is 0 Å². The SMILES string of the molecule is CCNC(=O)C(C)(C)CNCc1cc[nH]c1. The summed E-state index contributed by atoms with van der Waals surface area (Å²) < 4.78 is 0. The Bertz CT molecular complexity index is 317. The standard InChI is InChI=1S/C12H21N3O/c1-4-15-11(16)12(2,3)9-14-8-10-5-6-13-7-10/h5-7,13-14H,4,8-9H2,1-3H3,(H,15,16). The van der Waals surface area contributed by atoms with Gasteiger partial charge in [-0.05, 0) is 32.4 Å². The van der Waals surface area contributed by atoms with E-state index in [1.165, 1.54) is 5.56 Å². The van der Waals surface area contributed by atoms with Gasteiger partial charge < -0.3 is 15.6 Å². The summed E-state index contributed by atoms with van der Waals surface area (Å²) in [5.41, 5.74) is 0.832. The molecule has 1 heterocycles. The second-order valence-electron chi connectivity index (χ2n) is 4.57. The Morgan fingerprint density at radius 2 is 2.25 bits per heavy atom. The van der Waals surface area contributed by atoms with Gasteiger partial charge in [0.15, 0.2) is 0 Å². The molecule has 4 heteroatoms. The van der Waals surface area contributed by atoms with Crippen LogP contribution in [0, 0.1) is 5.41 Å². The maximum absolute atomic E-state index is 11.7. The highest BCUT2D eigenvalue weighted by atomic mass is 16.2. The van der Waals surface area contributed by atoms with Crippen LogP contribution >= 0.6 is 0 Å². The van der Waals surface area contributed by atoms with Gasteiger partial charge in [0, 0.05) is 32.0 Å². The molecule has 0 aliphatic rings. The van der Waals surface area contributed by atoms with E-state index in [1.807, 2.05) is 39.2 Å². The highest BCUT2D eigenvalue weighted by molar-refractivity contribution is 5.81. The first-order valence-corrected chi connectivity index (χ1v) is 5.67. The molecule has 0 unspecified atom stereocenters. The van der Waals surface area contributed by atoms with Crippen molar-refractivity contribution in [1.29, 1.82) is 0 Å². The van der Waals surface area contributed by atoms with E-state index >= 15 is 0 Å². The number of H-pyrrole nitrogens is 1. The molecule has 90 valence electrons. The largest absolute Gasteiger partial charge is 0.367 e. The van der Waals surface area contributed by atoms with Gasteiger partial charge in [0.05, 0.1) is 5.41 Å². The number of aromatic amines is 1. The fourth-order valence-electron chi connectivity index (χ4n) is 1.47. The number of nitrogens with one attached hydrogen (secondary N) is 3. The van der Waals surface area contributed by atoms with E-state index in [-0.39, 0.29) is 11.3 Å². The average molecular weight is 223 g/mol. The molecule has 0 aliphatic heterocycles. The summed E-state index contributed by atoms with van der Waals surface area (Å²) in [6, 6.07) is 2.02. The second-order valence-corrected chi connectivity index (χ2v) is 4.57. The molecule has 0 bridgehead atoms. The summed E-state index contributed by atoms with van der Waals surface area (Å²) in [5.74, 6) is 0.0940. The van der Waals surface area contributed by atoms with E-state index in [0.29, 0.717) is 13.1 Å². The summed E-state index contributed by atoms with van der Waals surface area (Å²) in [6.07, 6.45) is 3.85. The molecular weight excluding hydrogens is 202 g/mol. The Morgan fingerprint density at radius 3 is 2.81 bits per heavy atom. The van der Waals surface area contributed by atoms with Gasteiger partial charge in [-0.25, -0.2) is 0 Å². The lowest BCUT2D eigenvalue weighted by molar-refractivity contribution is -0.129. The van der Waals surface area contributed by atoms with Crippen molar-refractivity contribution in [3.8, 4) is 0 Å². The number of hydrogen-bond acceptors (Lipinski definition) is 2. The van der Waals surface area contributed by atoms with E-state index < -0.39 is 0 Å². The first kappa shape index (κ1) is 12.8. The first-order valence-electron chi connectivity index (χ1n) is 5.67. The zero-order chi connectivity index (χ0) is 12.0. The third-order valence-corrected chi connectivity index (χ3v) is 2.51. The summed E-state index contributed by atoms with van der Waals surface area (Å²) in [7, 11) is 0. The molecule has 1 amide bonds. The lowest BCUT2D eigenvalue weighted by atomic mass is 9.92. The number of aromatic nitrogens is 1. The second kappa shape index (κ2) is 5.70. The molecule has 0 fully saturated rings. The van der Waals surface area contributed by atoms with Crippen LogP contribution in [0.1, 0.15) is 26.3 Å². The van der Waals surface area contributed by atoms with Gasteiger partial charge in [0.25, 0.3) is 0 Å². The van der Waals surface area contributed by atoms with Crippen molar-refractivity contribution in [3.05, 3.63) is 24.0 Å². The Hall–Kier alpha value is -1.29. The van der Waals surface area contributed by atoms with Crippen molar-refractivity contribution in [2.24, 2.45) is 5.41 Å². The van der Waals surface area contributed by atoms with Crippen molar-refractivity contribution in [3.63, 3.8) is 0 Å². The summed E-state index contributed by atoms with van der Waals surface area (Å²) in [5, 5.41) is 6.13. The predicted molar refractivity (Wildman–Crippen MR) is 65.0 cm³/mol. The molecule has 0 radical (unpaired) electrons. The quantitative estimate of drug-likeness (QED) is 0.680. The molecule has 0 saturated heterocycles. The van der Waals surface area contributed by atoms with Crippen LogP contribution < -0.4 is 10.6 Å². The molecule has 1 aromatic heterocycles. The first-order chi connectivity index (χ1) is 7.56. The van der Waals surface area contributed by atoms with Crippen LogP contribution in [0.4, 0.5) is 0 Å². The van der Waals surface area contributed by atoms with Crippen molar-refractivity contribution in [2.45, 2.75) is 27.3 Å². The Kier molecular flexibility index (Phi) is 4.55. The van der Waals surface area contributed by atoms with E-state index in [0.717, 1.165) is 6.54 Å². The minimum Gasteiger partial charge on any atom is -0.367 e. The number of rotatable bonds is 6. The van der Waals surface area contributed by atoms with Gasteiger partial charge in [-0.15, -0.1) is 0 Å². The molecule has 0 atom stereocenters. The van der Waals surface area contributed by atoms with Crippen LogP contribution in [-0.4, -0.2) is 24.0 Å². The highest BCUT2D eigenvalue weighted by Crippen LogP contribution is 2.13. The minimum absolute atomic E-state index is 0.0940. The van der Waals surface area contributed by atoms with Crippen LogP contribution in [0.15, 0.2) is 18.5 Å². The molecule has 0 aromatic carbocycles. The van der Waals surface area contributed by atoms with Crippen molar-refractivity contribution >= 4 is 5.91 Å². The van der Waals surface area contributed by atoms with Crippen molar-refractivity contribution < 1.29 is 4.79 Å². The fourth-order valence-corrected chi connectivity index (χ4v) is 1.47. The zero-order valence-corrected chi connectivity index (χ0v) is 10.3. The predicted octanol–water partition coefficient (Wildman–Crippen LogP) is 1.27. The number of hydrogen-bond donors (Lipinski definition) is 3. The summed E-state index contributed by atoms with van der Waals surface area (Å²) >= 11 is 0. The van der Waals surface area contributed by atoms with E-state index in [9.17, 15) is 4.79 Å². The summed E-state index contributed by atoms with van der Waals surface area (Å²) in [4.78, 5) is 14.7. The lowest BCUT2D eigenvalue weighted by Gasteiger charge is -2.23. The normalized spacial score (nSPS) is 11.4. The Morgan fingerprint density at radius 1 is 1.50 bits per heavy atom. The van der Waals surface area contributed by atoms with Gasteiger partial charge in [0.1, 0.15) is 0 Å². The number of carbonyl (C=O) groups is 1. The van der Waals surface area contributed by atoms with Gasteiger partial charge in [-0.3, -0.25) is 4.79 Å². The smallest absolute Gasteiger partial charge is 0.226 e. The van der Waals surface area contributed by atoms with E-state index in [4.69, 9.17) is 0 Å². The highest BCUT2D eigenvalue weighted by Gasteiger charge is 2.26. The van der Waals surface area contributed by atoms with Crippen LogP contribution in [-0.2, 0) is 11.3 Å². The van der Waals surface area contributed by atoms with Gasteiger partial charge >= 0.3 is 0 Å². The molecule has 1 rings (SSSR count). The maximum Gasteiger partial charge on any atom is 0.226 e. The van der Waals surface area contributed by atoms with Gasteiger partial charge in [-0.2, -0.15) is 0 Å². The number of amides is 1. The monoisotopic (exact) mass is 223 g/mol. The molecule has 4 nitrogen and oxygen atoms in total. The van der Waals surface area contributed by atoms with E-state index in [2.05, 4.69) is 15.6 Å². The van der Waals surface area contributed by atoms with Crippen molar-refractivity contribution in [2.75, 3.05) is 13.1 Å². The lowest BCUT2D eigenvalue weighted by Crippen LogP contribution is -2.43. The maximum atomic E-state index is 11.7. The molecule has 0 saturated carbocycles. The molecule has 1 aromatic rings. The topological polar surface area (TPSA) is 56.9 Å². The third-order valence-electron chi connectivity index (χ3n) is 2.51. The molecule has 3 N–H and O–H groups in total. The Labute approximate surface area is 96.8 Å². The summed E-state index contributed by atoms with van der Waals surface area (Å²) in [6.45, 7) is 7.96. The minimum atomic E-state index is -0.369. The third kappa shape index (κ3) is 3.70. The Balaban J connectivity index is 2.33. The zero-order valence-electron chi connectivity index (χ0n) is 10.3. The number of carbonyl (C=O) groups excluding carboxylic acids is 1. The molecular formula is C12H21N3O. The molecule has 0 spiro atoms. The van der Waals surface area contributed by atoms with Crippen LogP contribution in [0.5, 0.6) is 0 Å². The molecule has 16 heavy (non-hydrogen) atoms. The van der Waals surface area contributed by atoms with Gasteiger partial charge in [0.2, 0.25) is 5.91 Å². The molecule has 0 aliphatic carbocycles. The fraction of sp³-hybridized carbons (Fsp3) is 0.583. The van der Waals surface area contributed by atoms with E-state index in [1.54, 1.807) is 0 Å².